The van der Waals surface area contributed by atoms with E-state index in [-0.39, 0.29) is 23.7 Å². The minimum atomic E-state index is -1.82. The van der Waals surface area contributed by atoms with Crippen LogP contribution in [0.4, 0.5) is 0 Å². The van der Waals surface area contributed by atoms with E-state index in [0.29, 0.717) is 18.7 Å². The van der Waals surface area contributed by atoms with Gasteiger partial charge in [0.05, 0.1) is 0 Å². The van der Waals surface area contributed by atoms with Crippen molar-refractivity contribution in [1.29, 1.82) is 0 Å². The van der Waals surface area contributed by atoms with E-state index in [1.54, 1.807) is 0 Å². The first-order valence-corrected chi connectivity index (χ1v) is 13.4. The number of amides is 1. The normalized spacial score (nSPS) is 14.4. The quantitative estimate of drug-likeness (QED) is 0.578. The molecule has 0 fully saturated rings. The van der Waals surface area contributed by atoms with Crippen molar-refractivity contribution in [2.24, 2.45) is 0 Å². The number of carbonyl (C=O) groups is 1. The fraction of sp³-hybridized carbons (Fsp3) is 0.458. The molecule has 1 atom stereocenters. The molecule has 5 nitrogen and oxygen atoms in total. The van der Waals surface area contributed by atoms with E-state index in [0.717, 1.165) is 23.5 Å². The molecule has 1 amide bonds. The third-order valence-corrected chi connectivity index (χ3v) is 10.7. The average molecular weight is 428 g/mol. The number of ether oxygens (including phenoxy) is 2. The number of benzene rings is 2. The third-order valence-electron chi connectivity index (χ3n) is 6.15. The van der Waals surface area contributed by atoms with Gasteiger partial charge in [-0.05, 0) is 54.4 Å². The van der Waals surface area contributed by atoms with E-state index in [1.807, 2.05) is 42.5 Å². The summed E-state index contributed by atoms with van der Waals surface area (Å²) in [5.41, 5.74) is 1.78. The molecule has 162 valence electrons. The monoisotopic (exact) mass is 427 g/mol. The van der Waals surface area contributed by atoms with Crippen LogP contribution in [0.15, 0.2) is 48.5 Å². The third kappa shape index (κ3) is 5.43. The Labute approximate surface area is 180 Å². The Kier molecular flexibility index (Phi) is 6.88. The largest absolute Gasteiger partial charge is 0.454 e. The molecular formula is C24H33NO4Si. The Bertz CT molecular complexity index is 861. The lowest BCUT2D eigenvalue weighted by molar-refractivity contribution is 0.0949. The molecule has 1 heterocycles. The highest BCUT2D eigenvalue weighted by molar-refractivity contribution is 6.74. The standard InChI is InChI=1S/C24H33NO4Si/c1-24(2,3)30(4,5)29-14-13-20(16-25-23(26)18-9-7-6-8-10-18)19-11-12-21-22(15-19)28-17-27-21/h6-12,15,20H,13-14,16-17H2,1-5H3,(H,25,26). The van der Waals surface area contributed by atoms with E-state index >= 15 is 0 Å². The molecule has 0 aliphatic carbocycles. The van der Waals surface area contributed by atoms with Crippen LogP contribution < -0.4 is 14.8 Å². The summed E-state index contributed by atoms with van der Waals surface area (Å²) in [5.74, 6) is 1.59. The summed E-state index contributed by atoms with van der Waals surface area (Å²) in [5, 5.41) is 3.26. The molecule has 1 aliphatic rings. The van der Waals surface area contributed by atoms with E-state index in [2.05, 4.69) is 45.2 Å². The van der Waals surface area contributed by atoms with Crippen LogP contribution in [0.1, 0.15) is 49.0 Å². The zero-order valence-electron chi connectivity index (χ0n) is 18.7. The lowest BCUT2D eigenvalue weighted by Crippen LogP contribution is -2.41. The molecule has 0 radical (unpaired) electrons. The smallest absolute Gasteiger partial charge is 0.251 e. The fourth-order valence-corrected chi connectivity index (χ4v) is 4.20. The fourth-order valence-electron chi connectivity index (χ4n) is 3.13. The number of hydrogen-bond acceptors (Lipinski definition) is 4. The summed E-state index contributed by atoms with van der Waals surface area (Å²) in [7, 11) is -1.82. The number of carbonyl (C=O) groups excluding carboxylic acids is 1. The lowest BCUT2D eigenvalue weighted by atomic mass is 9.95. The van der Waals surface area contributed by atoms with Crippen LogP contribution in [0.25, 0.3) is 0 Å². The van der Waals surface area contributed by atoms with Gasteiger partial charge in [0.25, 0.3) is 5.91 Å². The molecule has 0 aromatic heterocycles. The minimum Gasteiger partial charge on any atom is -0.454 e. The van der Waals surface area contributed by atoms with Gasteiger partial charge in [-0.2, -0.15) is 0 Å². The summed E-state index contributed by atoms with van der Waals surface area (Å²) in [4.78, 5) is 12.6. The van der Waals surface area contributed by atoms with E-state index in [1.165, 1.54) is 0 Å². The van der Waals surface area contributed by atoms with Gasteiger partial charge in [0.15, 0.2) is 19.8 Å². The molecule has 0 spiro atoms. The van der Waals surface area contributed by atoms with Gasteiger partial charge in [-0.25, -0.2) is 0 Å². The van der Waals surface area contributed by atoms with Crippen LogP contribution in [-0.2, 0) is 4.43 Å². The van der Waals surface area contributed by atoms with Crippen LogP contribution in [0, 0.1) is 0 Å². The van der Waals surface area contributed by atoms with Crippen molar-refractivity contribution in [1.82, 2.24) is 5.32 Å². The molecule has 6 heteroatoms. The van der Waals surface area contributed by atoms with E-state index in [4.69, 9.17) is 13.9 Å². The molecule has 30 heavy (non-hydrogen) atoms. The summed E-state index contributed by atoms with van der Waals surface area (Å²) >= 11 is 0. The second kappa shape index (κ2) is 9.23. The summed E-state index contributed by atoms with van der Waals surface area (Å²) in [6, 6.07) is 15.3. The van der Waals surface area contributed by atoms with Crippen molar-refractivity contribution in [2.75, 3.05) is 19.9 Å². The zero-order chi connectivity index (χ0) is 21.8. The molecule has 0 bridgehead atoms. The molecule has 1 unspecified atom stereocenters. The highest BCUT2D eigenvalue weighted by Crippen LogP contribution is 2.38. The van der Waals surface area contributed by atoms with E-state index < -0.39 is 8.32 Å². The molecule has 1 N–H and O–H groups in total. The first-order valence-electron chi connectivity index (χ1n) is 10.5. The van der Waals surface area contributed by atoms with Crippen molar-refractivity contribution in [3.05, 3.63) is 59.7 Å². The topological polar surface area (TPSA) is 56.8 Å². The van der Waals surface area contributed by atoms with Gasteiger partial charge in [0.2, 0.25) is 6.79 Å². The Morgan fingerprint density at radius 2 is 1.80 bits per heavy atom. The summed E-state index contributed by atoms with van der Waals surface area (Å²) < 4.78 is 17.4. The Morgan fingerprint density at radius 1 is 1.10 bits per heavy atom. The van der Waals surface area contributed by atoms with Gasteiger partial charge in [0.1, 0.15) is 0 Å². The first kappa shape index (κ1) is 22.4. The summed E-state index contributed by atoms with van der Waals surface area (Å²) in [6.45, 7) is 12.7. The van der Waals surface area contributed by atoms with Crippen molar-refractivity contribution < 1.29 is 18.7 Å². The van der Waals surface area contributed by atoms with Crippen molar-refractivity contribution in [3.8, 4) is 11.5 Å². The SMILES string of the molecule is CC(C)(C)[Si](C)(C)OCCC(CNC(=O)c1ccccc1)c1ccc2c(c1)OCO2. The molecular weight excluding hydrogens is 394 g/mol. The van der Waals surface area contributed by atoms with Gasteiger partial charge in [0, 0.05) is 24.6 Å². The van der Waals surface area contributed by atoms with Gasteiger partial charge in [-0.1, -0.05) is 45.0 Å². The van der Waals surface area contributed by atoms with Crippen LogP contribution in [0.3, 0.4) is 0 Å². The summed E-state index contributed by atoms with van der Waals surface area (Å²) in [6.07, 6.45) is 0.821. The predicted molar refractivity (Wildman–Crippen MR) is 122 cm³/mol. The van der Waals surface area contributed by atoms with Crippen LogP contribution >= 0.6 is 0 Å². The van der Waals surface area contributed by atoms with Gasteiger partial charge < -0.3 is 19.2 Å². The van der Waals surface area contributed by atoms with Gasteiger partial charge in [-0.15, -0.1) is 0 Å². The van der Waals surface area contributed by atoms with Crippen molar-refractivity contribution >= 4 is 14.2 Å². The predicted octanol–water partition coefficient (Wildman–Crippen LogP) is 5.34. The average Bonchev–Trinajstić information content (AvgIpc) is 3.18. The van der Waals surface area contributed by atoms with Gasteiger partial charge in [-0.3, -0.25) is 4.79 Å². The minimum absolute atomic E-state index is 0.0633. The highest BCUT2D eigenvalue weighted by Gasteiger charge is 2.37. The first-order chi connectivity index (χ1) is 14.2. The van der Waals surface area contributed by atoms with E-state index in [9.17, 15) is 4.79 Å². The Hall–Kier alpha value is -2.31. The Morgan fingerprint density at radius 3 is 2.50 bits per heavy atom. The van der Waals surface area contributed by atoms with Crippen LogP contribution in [-0.4, -0.2) is 34.2 Å². The second-order valence-corrected chi connectivity index (χ2v) is 14.1. The van der Waals surface area contributed by atoms with Gasteiger partial charge >= 0.3 is 0 Å². The molecule has 3 rings (SSSR count). The number of rotatable bonds is 8. The van der Waals surface area contributed by atoms with Crippen LogP contribution in [0.2, 0.25) is 18.1 Å². The maximum Gasteiger partial charge on any atom is 0.251 e. The molecule has 2 aromatic rings. The molecule has 0 saturated carbocycles. The molecule has 2 aromatic carbocycles. The lowest BCUT2D eigenvalue weighted by Gasteiger charge is -2.36. The highest BCUT2D eigenvalue weighted by atomic mass is 28.4. The number of fused-ring (bicyclic) bond motifs is 1. The van der Waals surface area contributed by atoms with Crippen molar-refractivity contribution in [2.45, 2.75) is 51.2 Å². The number of hydrogen-bond donors (Lipinski definition) is 1. The van der Waals surface area contributed by atoms with Crippen LogP contribution in [0.5, 0.6) is 11.5 Å². The number of nitrogens with one attached hydrogen (secondary N) is 1. The maximum atomic E-state index is 12.6. The second-order valence-electron chi connectivity index (χ2n) is 9.28. The zero-order valence-corrected chi connectivity index (χ0v) is 19.7. The molecule has 1 aliphatic heterocycles. The maximum absolute atomic E-state index is 12.6. The van der Waals surface area contributed by atoms with Crippen molar-refractivity contribution in [3.63, 3.8) is 0 Å². The molecule has 0 saturated heterocycles. The Balaban J connectivity index is 1.69.